The van der Waals surface area contributed by atoms with Gasteiger partial charge in [0, 0.05) is 48.8 Å². The Labute approximate surface area is 337 Å². The Morgan fingerprint density at radius 2 is 1.00 bits per heavy atom. The Morgan fingerprint density at radius 1 is 0.356 bits per heavy atom. The SMILES string of the molecule is c1ccc(-c2ccc(-c3nc(-n4c5ccccc5c5c6oc7c8ccccc8c(-c8cccc9c8oc8ccccc89)cc7c6ccc54)nc4ccccc34)cc2)cc1. The molecule has 0 atom stereocenters. The van der Waals surface area contributed by atoms with Gasteiger partial charge >= 0.3 is 0 Å². The van der Waals surface area contributed by atoms with Gasteiger partial charge in [-0.2, -0.15) is 0 Å². The van der Waals surface area contributed by atoms with Crippen molar-refractivity contribution in [3.63, 3.8) is 0 Å². The van der Waals surface area contributed by atoms with E-state index < -0.39 is 0 Å². The number of furan rings is 2. The summed E-state index contributed by atoms with van der Waals surface area (Å²) in [5.74, 6) is 0.610. The molecule has 0 unspecified atom stereocenters. The van der Waals surface area contributed by atoms with E-state index in [-0.39, 0.29) is 0 Å². The van der Waals surface area contributed by atoms with Gasteiger partial charge in [-0.15, -0.1) is 0 Å². The van der Waals surface area contributed by atoms with E-state index in [1.54, 1.807) is 0 Å². The Balaban J connectivity index is 1.06. The lowest BCUT2D eigenvalue weighted by molar-refractivity contribution is 0.670. The van der Waals surface area contributed by atoms with Crippen LogP contribution >= 0.6 is 0 Å². The maximum atomic E-state index is 7.10. The summed E-state index contributed by atoms with van der Waals surface area (Å²) in [4.78, 5) is 10.6. The number of nitrogens with zero attached hydrogens (tertiary/aromatic N) is 3. The molecule has 0 N–H and O–H groups in total. The van der Waals surface area contributed by atoms with Gasteiger partial charge in [-0.1, -0.05) is 152 Å². The Bertz CT molecular complexity index is 3840. The molecule has 13 rings (SSSR count). The Kier molecular flexibility index (Phi) is 6.66. The molecule has 0 bridgehead atoms. The van der Waals surface area contributed by atoms with Crippen LogP contribution in [0.3, 0.4) is 0 Å². The van der Waals surface area contributed by atoms with E-state index in [1.807, 2.05) is 24.3 Å². The lowest BCUT2D eigenvalue weighted by Crippen LogP contribution is -2.03. The summed E-state index contributed by atoms with van der Waals surface area (Å²) < 4.78 is 15.9. The third-order valence-electron chi connectivity index (χ3n) is 12.0. The molecule has 5 nitrogen and oxygen atoms in total. The van der Waals surface area contributed by atoms with Crippen molar-refractivity contribution in [2.45, 2.75) is 0 Å². The summed E-state index contributed by atoms with van der Waals surface area (Å²) >= 11 is 0. The summed E-state index contributed by atoms with van der Waals surface area (Å²) in [5, 5.41) is 9.62. The fraction of sp³-hybridized carbons (Fsp3) is 0. The van der Waals surface area contributed by atoms with Gasteiger partial charge in [0.1, 0.15) is 22.3 Å². The molecule has 59 heavy (non-hydrogen) atoms. The van der Waals surface area contributed by atoms with Gasteiger partial charge in [0.2, 0.25) is 5.95 Å². The van der Waals surface area contributed by atoms with Crippen molar-refractivity contribution in [1.29, 1.82) is 0 Å². The number of aromatic nitrogens is 3. The van der Waals surface area contributed by atoms with Gasteiger partial charge in [-0.25, -0.2) is 9.97 Å². The van der Waals surface area contributed by atoms with Crippen molar-refractivity contribution in [1.82, 2.24) is 14.5 Å². The smallest absolute Gasteiger partial charge is 0.235 e. The number of hydrogen-bond donors (Lipinski definition) is 0. The van der Waals surface area contributed by atoms with Crippen molar-refractivity contribution >= 4 is 87.4 Å². The van der Waals surface area contributed by atoms with E-state index in [4.69, 9.17) is 18.8 Å². The van der Waals surface area contributed by atoms with E-state index in [2.05, 4.69) is 168 Å². The third kappa shape index (κ3) is 4.67. The quantitative estimate of drug-likeness (QED) is 0.180. The van der Waals surface area contributed by atoms with Crippen LogP contribution in [0.25, 0.3) is 127 Å². The monoisotopic (exact) mass is 753 g/mol. The number of para-hydroxylation sites is 4. The van der Waals surface area contributed by atoms with E-state index >= 15 is 0 Å². The van der Waals surface area contributed by atoms with Crippen LogP contribution in [-0.2, 0) is 0 Å². The van der Waals surface area contributed by atoms with Gasteiger partial charge in [-0.3, -0.25) is 4.57 Å². The van der Waals surface area contributed by atoms with Crippen LogP contribution in [0, 0.1) is 0 Å². The maximum absolute atomic E-state index is 7.10. The highest BCUT2D eigenvalue weighted by Crippen LogP contribution is 2.46. The first-order chi connectivity index (χ1) is 29.3. The first-order valence-corrected chi connectivity index (χ1v) is 19.9. The minimum Gasteiger partial charge on any atom is -0.455 e. The van der Waals surface area contributed by atoms with Crippen LogP contribution in [0.4, 0.5) is 0 Å². The van der Waals surface area contributed by atoms with Gasteiger partial charge in [0.25, 0.3) is 0 Å². The Morgan fingerprint density at radius 3 is 1.86 bits per heavy atom. The molecule has 4 aromatic heterocycles. The van der Waals surface area contributed by atoms with Crippen molar-refractivity contribution in [2.75, 3.05) is 0 Å². The molecule has 0 saturated carbocycles. The third-order valence-corrected chi connectivity index (χ3v) is 12.0. The second-order valence-electron chi connectivity index (χ2n) is 15.3. The predicted molar refractivity (Wildman–Crippen MR) is 242 cm³/mol. The molecule has 0 aliphatic heterocycles. The molecule has 0 radical (unpaired) electrons. The van der Waals surface area contributed by atoms with Crippen LogP contribution < -0.4 is 0 Å². The first-order valence-electron chi connectivity index (χ1n) is 19.9. The molecule has 9 aromatic carbocycles. The molecule has 5 heteroatoms. The lowest BCUT2D eigenvalue weighted by Gasteiger charge is -2.12. The largest absolute Gasteiger partial charge is 0.455 e. The summed E-state index contributed by atoms with van der Waals surface area (Å²) in [6.45, 7) is 0. The van der Waals surface area contributed by atoms with Crippen LogP contribution in [0.15, 0.2) is 197 Å². The zero-order chi connectivity index (χ0) is 38.6. The second kappa shape index (κ2) is 12.2. The molecule has 0 saturated heterocycles. The van der Waals surface area contributed by atoms with E-state index in [0.29, 0.717) is 5.95 Å². The Hall–Kier alpha value is -8.02. The topological polar surface area (TPSA) is 57.0 Å². The summed E-state index contributed by atoms with van der Waals surface area (Å²) in [6.07, 6.45) is 0. The first kappa shape index (κ1) is 32.1. The highest BCUT2D eigenvalue weighted by Gasteiger charge is 2.23. The minimum absolute atomic E-state index is 0.610. The van der Waals surface area contributed by atoms with E-state index in [0.717, 1.165) is 115 Å². The number of rotatable bonds is 4. The molecular formula is C54H31N3O2. The summed E-state index contributed by atoms with van der Waals surface area (Å²) in [7, 11) is 0. The van der Waals surface area contributed by atoms with Gasteiger partial charge in [0.15, 0.2) is 0 Å². The van der Waals surface area contributed by atoms with Crippen LogP contribution in [-0.4, -0.2) is 14.5 Å². The molecule has 0 fully saturated rings. The average molecular weight is 754 g/mol. The molecule has 4 heterocycles. The number of hydrogen-bond acceptors (Lipinski definition) is 4. The molecule has 13 aromatic rings. The molecule has 274 valence electrons. The normalized spacial score (nSPS) is 12.1. The highest BCUT2D eigenvalue weighted by molar-refractivity contribution is 6.28. The average Bonchev–Trinajstić information content (AvgIpc) is 3.99. The van der Waals surface area contributed by atoms with Crippen LogP contribution in [0.1, 0.15) is 0 Å². The standard InChI is InChI=1S/C54H31N3O2/c1-2-13-32(14-3-1)33-25-27-34(28-26-33)50-41-18-6-9-22-45(41)55-54(56-50)57-46-23-10-7-19-42(46)49-47(57)30-29-40-44-31-43(35-15-4-5-17-37(35)52(44)59-53(40)49)39-21-12-20-38-36-16-8-11-24-48(36)58-51(38)39/h1-31H. The fourth-order valence-electron chi connectivity index (χ4n) is 9.34. The number of benzene rings is 9. The van der Waals surface area contributed by atoms with Crippen molar-refractivity contribution in [3.05, 3.63) is 188 Å². The van der Waals surface area contributed by atoms with Gasteiger partial charge < -0.3 is 8.83 Å². The minimum atomic E-state index is 0.610. The highest BCUT2D eigenvalue weighted by atomic mass is 16.3. The molecule has 0 amide bonds. The lowest BCUT2D eigenvalue weighted by atomic mass is 9.94. The fourth-order valence-corrected chi connectivity index (χ4v) is 9.34. The van der Waals surface area contributed by atoms with E-state index in [9.17, 15) is 0 Å². The molecular weight excluding hydrogens is 723 g/mol. The second-order valence-corrected chi connectivity index (χ2v) is 15.3. The van der Waals surface area contributed by atoms with Gasteiger partial charge in [0.05, 0.1) is 27.6 Å². The van der Waals surface area contributed by atoms with Crippen molar-refractivity contribution in [3.8, 4) is 39.5 Å². The maximum Gasteiger partial charge on any atom is 0.235 e. The molecule has 0 aliphatic carbocycles. The zero-order valence-corrected chi connectivity index (χ0v) is 31.6. The van der Waals surface area contributed by atoms with Crippen molar-refractivity contribution in [2.24, 2.45) is 0 Å². The number of fused-ring (bicyclic) bond motifs is 13. The van der Waals surface area contributed by atoms with Gasteiger partial charge in [-0.05, 0) is 58.5 Å². The molecule has 0 spiro atoms. The summed E-state index contributed by atoms with van der Waals surface area (Å²) in [6, 6.07) is 65.8. The van der Waals surface area contributed by atoms with Crippen LogP contribution in [0.5, 0.6) is 0 Å². The predicted octanol–water partition coefficient (Wildman–Crippen LogP) is 14.7. The summed E-state index contributed by atoms with van der Waals surface area (Å²) in [5.41, 5.74) is 12.8. The van der Waals surface area contributed by atoms with Crippen LogP contribution in [0.2, 0.25) is 0 Å². The zero-order valence-electron chi connectivity index (χ0n) is 31.6. The van der Waals surface area contributed by atoms with Crippen molar-refractivity contribution < 1.29 is 8.83 Å². The van der Waals surface area contributed by atoms with E-state index in [1.165, 1.54) is 5.56 Å². The molecule has 0 aliphatic rings.